The summed E-state index contributed by atoms with van der Waals surface area (Å²) in [5, 5.41) is 0. The lowest BCUT2D eigenvalue weighted by molar-refractivity contribution is -0.126. The molecule has 1 aromatic heterocycles. The van der Waals surface area contributed by atoms with Gasteiger partial charge in [-0.15, -0.1) is 11.3 Å². The second-order valence-corrected chi connectivity index (χ2v) is 5.92. The van der Waals surface area contributed by atoms with Gasteiger partial charge in [0.15, 0.2) is 0 Å². The van der Waals surface area contributed by atoms with Crippen molar-refractivity contribution in [2.24, 2.45) is 16.9 Å². The largest absolute Gasteiger partial charge is 0.369 e. The zero-order chi connectivity index (χ0) is 12.3. The molecule has 0 saturated heterocycles. The highest BCUT2D eigenvalue weighted by molar-refractivity contribution is 7.12. The zero-order valence-electron chi connectivity index (χ0n) is 10.1. The molecule has 4 N–H and O–H groups in total. The van der Waals surface area contributed by atoms with Gasteiger partial charge in [0.25, 0.3) is 0 Å². The first-order valence-corrected chi connectivity index (χ1v) is 6.32. The summed E-state index contributed by atoms with van der Waals surface area (Å²) in [5.41, 5.74) is 10.9. The molecular formula is C12H20N2OS. The Kier molecular flexibility index (Phi) is 4.10. The summed E-state index contributed by atoms with van der Waals surface area (Å²) >= 11 is 1.72. The number of amides is 1. The number of nitrogens with two attached hydrogens (primary N) is 2. The van der Waals surface area contributed by atoms with E-state index < -0.39 is 5.41 Å². The molecule has 1 aromatic rings. The maximum absolute atomic E-state index is 11.2. The normalized spacial score (nSPS) is 13.8. The number of hydrogen-bond donors (Lipinski definition) is 2. The van der Waals surface area contributed by atoms with E-state index in [-0.39, 0.29) is 11.9 Å². The highest BCUT2D eigenvalue weighted by Crippen LogP contribution is 2.31. The molecule has 0 aromatic carbocycles. The smallest absolute Gasteiger partial charge is 0.223 e. The van der Waals surface area contributed by atoms with E-state index >= 15 is 0 Å². The zero-order valence-corrected chi connectivity index (χ0v) is 10.9. The predicted molar refractivity (Wildman–Crippen MR) is 68.2 cm³/mol. The fourth-order valence-electron chi connectivity index (χ4n) is 1.53. The van der Waals surface area contributed by atoms with Crippen LogP contribution in [0.3, 0.4) is 0 Å². The van der Waals surface area contributed by atoms with Gasteiger partial charge in [-0.3, -0.25) is 4.79 Å². The number of thiophene rings is 1. The van der Waals surface area contributed by atoms with Gasteiger partial charge in [-0.25, -0.2) is 0 Å². The maximum atomic E-state index is 11.2. The van der Waals surface area contributed by atoms with Crippen LogP contribution in [0.4, 0.5) is 0 Å². The summed E-state index contributed by atoms with van der Waals surface area (Å²) in [5.74, 6) is -0.296. The van der Waals surface area contributed by atoms with E-state index in [1.54, 1.807) is 11.3 Å². The molecule has 90 valence electrons. The molecule has 0 bridgehead atoms. The van der Waals surface area contributed by atoms with Crippen molar-refractivity contribution in [2.75, 3.05) is 0 Å². The third-order valence-electron chi connectivity index (χ3n) is 2.79. The first kappa shape index (κ1) is 13.2. The standard InChI is InChI=1S/C12H20N2OS/c1-4-8-5-6-10(16-8)9(13)7-12(2,3)11(14)15/h5-6,9H,4,7,13H2,1-3H3,(H2,14,15). The van der Waals surface area contributed by atoms with Crippen LogP contribution < -0.4 is 11.5 Å². The topological polar surface area (TPSA) is 69.1 Å². The molecule has 1 rings (SSSR count). The summed E-state index contributed by atoms with van der Waals surface area (Å²) < 4.78 is 0. The van der Waals surface area contributed by atoms with Gasteiger partial charge in [0, 0.05) is 21.2 Å². The van der Waals surface area contributed by atoms with E-state index in [0.29, 0.717) is 6.42 Å². The van der Waals surface area contributed by atoms with Crippen LogP contribution in [0.1, 0.15) is 43.0 Å². The van der Waals surface area contributed by atoms with Gasteiger partial charge in [0.05, 0.1) is 0 Å². The number of primary amides is 1. The molecule has 0 aliphatic rings. The lowest BCUT2D eigenvalue weighted by Gasteiger charge is -2.23. The van der Waals surface area contributed by atoms with Crippen molar-refractivity contribution in [3.63, 3.8) is 0 Å². The number of carbonyl (C=O) groups excluding carboxylic acids is 1. The van der Waals surface area contributed by atoms with E-state index in [4.69, 9.17) is 11.5 Å². The number of rotatable bonds is 5. The third kappa shape index (κ3) is 3.06. The van der Waals surface area contributed by atoms with Crippen LogP contribution in [0, 0.1) is 5.41 Å². The van der Waals surface area contributed by atoms with Crippen molar-refractivity contribution < 1.29 is 4.79 Å². The van der Waals surface area contributed by atoms with E-state index in [9.17, 15) is 4.79 Å². The van der Waals surface area contributed by atoms with Gasteiger partial charge in [0.2, 0.25) is 5.91 Å². The van der Waals surface area contributed by atoms with Crippen molar-refractivity contribution in [3.8, 4) is 0 Å². The lowest BCUT2D eigenvalue weighted by Crippen LogP contribution is -2.34. The summed E-state index contributed by atoms with van der Waals surface area (Å²) in [4.78, 5) is 13.7. The van der Waals surface area contributed by atoms with Gasteiger partial charge in [-0.05, 0) is 25.0 Å². The average molecular weight is 240 g/mol. The van der Waals surface area contributed by atoms with E-state index in [1.165, 1.54) is 4.88 Å². The molecule has 1 amide bonds. The van der Waals surface area contributed by atoms with Crippen molar-refractivity contribution in [1.29, 1.82) is 0 Å². The second kappa shape index (κ2) is 4.97. The van der Waals surface area contributed by atoms with E-state index in [2.05, 4.69) is 13.0 Å². The van der Waals surface area contributed by atoms with Crippen LogP contribution in [0.15, 0.2) is 12.1 Å². The predicted octanol–water partition coefficient (Wildman–Crippen LogP) is 2.21. The van der Waals surface area contributed by atoms with Crippen LogP contribution in [-0.4, -0.2) is 5.91 Å². The van der Waals surface area contributed by atoms with Crippen molar-refractivity contribution in [2.45, 2.75) is 39.7 Å². The minimum atomic E-state index is -0.546. The van der Waals surface area contributed by atoms with E-state index in [0.717, 1.165) is 11.3 Å². The molecule has 4 heteroatoms. The second-order valence-electron chi connectivity index (χ2n) is 4.72. The van der Waals surface area contributed by atoms with Gasteiger partial charge in [-0.1, -0.05) is 20.8 Å². The quantitative estimate of drug-likeness (QED) is 0.828. The Hall–Kier alpha value is -0.870. The summed E-state index contributed by atoms with van der Waals surface area (Å²) in [7, 11) is 0. The number of aryl methyl sites for hydroxylation is 1. The molecule has 0 spiro atoms. The van der Waals surface area contributed by atoms with Crippen LogP contribution in [0.2, 0.25) is 0 Å². The highest BCUT2D eigenvalue weighted by Gasteiger charge is 2.28. The van der Waals surface area contributed by atoms with Gasteiger partial charge in [0.1, 0.15) is 0 Å². The molecular weight excluding hydrogens is 220 g/mol. The Morgan fingerprint density at radius 3 is 2.56 bits per heavy atom. The van der Waals surface area contributed by atoms with E-state index in [1.807, 2.05) is 19.9 Å². The SMILES string of the molecule is CCc1ccc(C(N)CC(C)(C)C(N)=O)s1. The molecule has 0 radical (unpaired) electrons. The van der Waals surface area contributed by atoms with Crippen molar-refractivity contribution in [1.82, 2.24) is 0 Å². The van der Waals surface area contributed by atoms with Crippen molar-refractivity contribution in [3.05, 3.63) is 21.9 Å². The van der Waals surface area contributed by atoms with Gasteiger partial charge in [-0.2, -0.15) is 0 Å². The van der Waals surface area contributed by atoms with Crippen molar-refractivity contribution >= 4 is 17.2 Å². The lowest BCUT2D eigenvalue weighted by atomic mass is 9.85. The monoisotopic (exact) mass is 240 g/mol. The molecule has 1 heterocycles. The summed E-state index contributed by atoms with van der Waals surface area (Å²) in [6.07, 6.45) is 1.61. The van der Waals surface area contributed by atoms with Gasteiger partial charge < -0.3 is 11.5 Å². The van der Waals surface area contributed by atoms with Gasteiger partial charge >= 0.3 is 0 Å². The summed E-state index contributed by atoms with van der Waals surface area (Å²) in [6, 6.07) is 4.04. The highest BCUT2D eigenvalue weighted by atomic mass is 32.1. The molecule has 1 unspecified atom stereocenters. The Labute approximate surface area is 101 Å². The minimum Gasteiger partial charge on any atom is -0.369 e. The Morgan fingerprint density at radius 2 is 2.12 bits per heavy atom. The molecule has 0 aliphatic carbocycles. The average Bonchev–Trinajstić information content (AvgIpc) is 2.64. The first-order chi connectivity index (χ1) is 7.36. The first-order valence-electron chi connectivity index (χ1n) is 5.51. The Bertz CT molecular complexity index is 371. The van der Waals surface area contributed by atoms with Crippen LogP contribution in [-0.2, 0) is 11.2 Å². The van der Waals surface area contributed by atoms with Crippen LogP contribution in [0.5, 0.6) is 0 Å². The van der Waals surface area contributed by atoms with Crippen LogP contribution >= 0.6 is 11.3 Å². The molecule has 0 saturated carbocycles. The summed E-state index contributed by atoms with van der Waals surface area (Å²) in [6.45, 7) is 5.79. The number of hydrogen-bond acceptors (Lipinski definition) is 3. The molecule has 0 aliphatic heterocycles. The van der Waals surface area contributed by atoms with Crippen LogP contribution in [0.25, 0.3) is 0 Å². The third-order valence-corrected chi connectivity index (χ3v) is 4.16. The fraction of sp³-hybridized carbons (Fsp3) is 0.583. The maximum Gasteiger partial charge on any atom is 0.223 e. The Balaban J connectivity index is 2.72. The molecule has 16 heavy (non-hydrogen) atoms. The fourth-order valence-corrected chi connectivity index (χ4v) is 2.49. The Morgan fingerprint density at radius 1 is 1.50 bits per heavy atom. The molecule has 0 fully saturated rings. The molecule has 1 atom stereocenters. The number of carbonyl (C=O) groups is 1. The molecule has 3 nitrogen and oxygen atoms in total. The minimum absolute atomic E-state index is 0.104.